The highest BCUT2D eigenvalue weighted by Crippen LogP contribution is 2.32. The molecule has 2 fully saturated rings. The molecule has 2 aliphatic heterocycles. The summed E-state index contributed by atoms with van der Waals surface area (Å²) in [5.74, 6) is -0.00898. The number of carbonyl (C=O) groups excluding carboxylic acids is 1. The van der Waals surface area contributed by atoms with Crippen molar-refractivity contribution < 1.29 is 17.9 Å². The van der Waals surface area contributed by atoms with E-state index in [9.17, 15) is 13.2 Å². The molecular weight excluding hydrogens is 404 g/mol. The molecule has 1 aromatic rings. The van der Waals surface area contributed by atoms with E-state index in [4.69, 9.17) is 16.3 Å². The molecule has 2 N–H and O–H groups in total. The van der Waals surface area contributed by atoms with Crippen molar-refractivity contribution in [2.24, 2.45) is 5.92 Å². The number of rotatable bonds is 6. The zero-order valence-corrected chi connectivity index (χ0v) is 17.7. The summed E-state index contributed by atoms with van der Waals surface area (Å²) >= 11 is 5.96. The van der Waals surface area contributed by atoms with Crippen LogP contribution < -0.4 is 10.9 Å². The number of likely N-dealkylation sites (tertiary alicyclic amines) is 1. The van der Waals surface area contributed by atoms with Gasteiger partial charge in [0.1, 0.15) is 6.04 Å². The molecule has 0 saturated carbocycles. The van der Waals surface area contributed by atoms with Crippen LogP contribution in [0, 0.1) is 5.92 Å². The van der Waals surface area contributed by atoms with E-state index < -0.39 is 9.84 Å². The van der Waals surface area contributed by atoms with Crippen molar-refractivity contribution in [1.82, 2.24) is 20.7 Å². The molecule has 0 amide bonds. The van der Waals surface area contributed by atoms with Gasteiger partial charge in [-0.15, -0.1) is 0 Å². The molecule has 0 spiro atoms. The van der Waals surface area contributed by atoms with Gasteiger partial charge in [-0.3, -0.25) is 15.2 Å². The van der Waals surface area contributed by atoms with Gasteiger partial charge in [0.25, 0.3) is 0 Å². The normalized spacial score (nSPS) is 24.4. The summed E-state index contributed by atoms with van der Waals surface area (Å²) < 4.78 is 29.4. The van der Waals surface area contributed by atoms with Crippen molar-refractivity contribution >= 4 is 27.4 Å². The van der Waals surface area contributed by atoms with Gasteiger partial charge in [0.2, 0.25) is 0 Å². The lowest BCUT2D eigenvalue weighted by Crippen LogP contribution is -2.45. The molecule has 3 rings (SSSR count). The third-order valence-corrected chi connectivity index (χ3v) is 6.68. The number of ether oxygens (including phenoxy) is 1. The second-order valence-electron chi connectivity index (χ2n) is 7.40. The fourth-order valence-corrected chi connectivity index (χ4v) is 5.11. The number of nitrogens with zero attached hydrogens (tertiary/aromatic N) is 2. The number of esters is 1. The minimum Gasteiger partial charge on any atom is -0.465 e. The van der Waals surface area contributed by atoms with Crippen molar-refractivity contribution in [3.8, 4) is 0 Å². The Labute approximate surface area is 170 Å². The molecule has 156 valence electrons. The minimum atomic E-state index is -3.39. The Kier molecular flexibility index (Phi) is 6.93. The van der Waals surface area contributed by atoms with E-state index >= 15 is 0 Å². The van der Waals surface area contributed by atoms with Crippen LogP contribution in [-0.4, -0.2) is 69.4 Å². The second-order valence-corrected chi connectivity index (χ2v) is 9.82. The van der Waals surface area contributed by atoms with Crippen LogP contribution in [0.1, 0.15) is 31.4 Å². The Bertz CT molecular complexity index is 812. The number of pyridine rings is 1. The number of sulfone groups is 1. The van der Waals surface area contributed by atoms with Gasteiger partial charge in [-0.1, -0.05) is 11.6 Å². The molecule has 1 aromatic heterocycles. The third kappa shape index (κ3) is 5.01. The third-order valence-electron chi connectivity index (χ3n) is 5.35. The molecule has 8 nitrogen and oxygen atoms in total. The summed E-state index contributed by atoms with van der Waals surface area (Å²) in [5, 5.41) is 0.327. The molecule has 28 heavy (non-hydrogen) atoms. The maximum absolute atomic E-state index is 12.1. The molecule has 0 bridgehead atoms. The number of nitrogens with one attached hydrogen (secondary N) is 2. The van der Waals surface area contributed by atoms with Crippen LogP contribution in [0.3, 0.4) is 0 Å². The first-order chi connectivity index (χ1) is 13.3. The fourth-order valence-electron chi connectivity index (χ4n) is 3.94. The van der Waals surface area contributed by atoms with Crippen molar-refractivity contribution in [3.63, 3.8) is 0 Å². The molecule has 3 heterocycles. The van der Waals surface area contributed by atoms with E-state index in [0.717, 1.165) is 32.5 Å². The smallest absolute Gasteiger partial charge is 0.324 e. The number of halogens is 1. The standard InChI is InChI=1S/C18H27ClN4O4S/c1-3-27-18(24)17-13(9-21-22-17)11-23-6-4-12(5-7-23)16-15(28(2,25)26)8-14(19)10-20-16/h8,10,12-13,17,21-22H,3-7,9,11H2,1-2H3. The lowest BCUT2D eigenvalue weighted by Gasteiger charge is -2.34. The first kappa shape index (κ1) is 21.4. The Morgan fingerprint density at radius 2 is 2.11 bits per heavy atom. The lowest BCUT2D eigenvalue weighted by atomic mass is 9.91. The van der Waals surface area contributed by atoms with Crippen LogP contribution in [0.25, 0.3) is 0 Å². The van der Waals surface area contributed by atoms with Gasteiger partial charge in [0.05, 0.1) is 22.2 Å². The van der Waals surface area contributed by atoms with Gasteiger partial charge in [-0.25, -0.2) is 13.8 Å². The summed E-state index contributed by atoms with van der Waals surface area (Å²) in [7, 11) is -3.39. The van der Waals surface area contributed by atoms with Crippen molar-refractivity contribution in [3.05, 3.63) is 23.0 Å². The number of hydrazine groups is 1. The predicted octanol–water partition coefficient (Wildman–Crippen LogP) is 0.974. The molecule has 2 atom stereocenters. The van der Waals surface area contributed by atoms with Crippen molar-refractivity contribution in [2.45, 2.75) is 36.6 Å². The van der Waals surface area contributed by atoms with E-state index in [1.165, 1.54) is 18.5 Å². The van der Waals surface area contributed by atoms with Crippen LogP contribution in [0.4, 0.5) is 0 Å². The first-order valence-corrected chi connectivity index (χ1v) is 11.8. The largest absolute Gasteiger partial charge is 0.465 e. The van der Waals surface area contributed by atoms with E-state index in [-0.39, 0.29) is 28.7 Å². The molecule has 2 aliphatic rings. The Hall–Kier alpha value is -1.26. The van der Waals surface area contributed by atoms with Crippen LogP contribution in [0.15, 0.2) is 17.2 Å². The van der Waals surface area contributed by atoms with Crippen molar-refractivity contribution in [1.29, 1.82) is 0 Å². The van der Waals surface area contributed by atoms with Crippen LogP contribution in [0.5, 0.6) is 0 Å². The fraction of sp³-hybridized carbons (Fsp3) is 0.667. The highest BCUT2D eigenvalue weighted by Gasteiger charge is 2.36. The molecular formula is C18H27ClN4O4S. The van der Waals surface area contributed by atoms with E-state index in [0.29, 0.717) is 23.9 Å². The zero-order chi connectivity index (χ0) is 20.3. The molecule has 2 unspecified atom stereocenters. The average molecular weight is 431 g/mol. The number of hydrogen-bond acceptors (Lipinski definition) is 8. The number of aromatic nitrogens is 1. The number of hydrogen-bond donors (Lipinski definition) is 2. The molecule has 0 aromatic carbocycles. The summed E-state index contributed by atoms with van der Waals surface area (Å²) in [6.07, 6.45) is 4.33. The zero-order valence-electron chi connectivity index (χ0n) is 16.2. The monoisotopic (exact) mass is 430 g/mol. The Morgan fingerprint density at radius 3 is 2.75 bits per heavy atom. The van der Waals surface area contributed by atoms with Crippen LogP contribution in [-0.2, 0) is 19.4 Å². The molecule has 2 saturated heterocycles. The van der Waals surface area contributed by atoms with E-state index in [2.05, 4.69) is 20.7 Å². The van der Waals surface area contributed by atoms with E-state index in [1.54, 1.807) is 6.92 Å². The predicted molar refractivity (Wildman–Crippen MR) is 106 cm³/mol. The molecule has 0 aliphatic carbocycles. The Balaban J connectivity index is 1.62. The summed E-state index contributed by atoms with van der Waals surface area (Å²) in [6.45, 7) is 5.31. The van der Waals surface area contributed by atoms with Gasteiger partial charge in [0.15, 0.2) is 9.84 Å². The highest BCUT2D eigenvalue weighted by molar-refractivity contribution is 7.90. The summed E-state index contributed by atoms with van der Waals surface area (Å²) in [5.41, 5.74) is 6.66. The first-order valence-electron chi connectivity index (χ1n) is 9.52. The van der Waals surface area contributed by atoms with Gasteiger partial charge in [0, 0.05) is 37.4 Å². The van der Waals surface area contributed by atoms with Crippen LogP contribution in [0.2, 0.25) is 5.02 Å². The number of carbonyl (C=O) groups is 1. The SMILES string of the molecule is CCOC(=O)C1NNCC1CN1CCC(c2ncc(Cl)cc2S(C)(=O)=O)CC1. The van der Waals surface area contributed by atoms with E-state index in [1.807, 2.05) is 0 Å². The van der Waals surface area contributed by atoms with Gasteiger partial charge in [-0.2, -0.15) is 0 Å². The number of piperidine rings is 1. The quantitative estimate of drug-likeness (QED) is 0.644. The maximum Gasteiger partial charge on any atom is 0.324 e. The summed E-state index contributed by atoms with van der Waals surface area (Å²) in [4.78, 5) is 19.0. The second kappa shape index (κ2) is 9.04. The minimum absolute atomic E-state index is 0.0823. The van der Waals surface area contributed by atoms with Gasteiger partial charge in [-0.05, 0) is 38.9 Å². The van der Waals surface area contributed by atoms with Crippen LogP contribution >= 0.6 is 11.6 Å². The van der Waals surface area contributed by atoms with Gasteiger partial charge < -0.3 is 9.64 Å². The summed E-state index contributed by atoms with van der Waals surface area (Å²) in [6, 6.07) is 1.15. The molecule has 0 radical (unpaired) electrons. The topological polar surface area (TPSA) is 101 Å². The molecule has 10 heteroatoms. The Morgan fingerprint density at radius 1 is 1.39 bits per heavy atom. The average Bonchev–Trinajstić information content (AvgIpc) is 3.10. The highest BCUT2D eigenvalue weighted by atomic mass is 35.5. The van der Waals surface area contributed by atoms with Gasteiger partial charge >= 0.3 is 5.97 Å². The lowest BCUT2D eigenvalue weighted by molar-refractivity contribution is -0.146. The maximum atomic E-state index is 12.1. The van der Waals surface area contributed by atoms with Crippen molar-refractivity contribution in [2.75, 3.05) is 39.0 Å².